The maximum absolute atomic E-state index is 11.9. The van der Waals surface area contributed by atoms with Crippen LogP contribution in [-0.2, 0) is 4.79 Å². The number of benzene rings is 2. The monoisotopic (exact) mass is 271 g/mol. The predicted octanol–water partition coefficient (Wildman–Crippen LogP) is 3.52. The quantitative estimate of drug-likeness (QED) is 0.903. The van der Waals surface area contributed by atoms with E-state index in [1.807, 2.05) is 50.2 Å². The summed E-state index contributed by atoms with van der Waals surface area (Å²) < 4.78 is 5.72. The van der Waals surface area contributed by atoms with Crippen molar-refractivity contribution >= 4 is 16.7 Å². The molecular formula is C17H21NO2. The zero-order valence-electron chi connectivity index (χ0n) is 12.2. The van der Waals surface area contributed by atoms with Gasteiger partial charge in [-0.25, -0.2) is 0 Å². The van der Waals surface area contributed by atoms with Crippen molar-refractivity contribution in [1.82, 2.24) is 5.32 Å². The lowest BCUT2D eigenvalue weighted by Crippen LogP contribution is -2.40. The molecule has 0 aliphatic rings. The van der Waals surface area contributed by atoms with Gasteiger partial charge in [0.05, 0.1) is 0 Å². The van der Waals surface area contributed by atoms with Crippen LogP contribution in [0, 0.1) is 0 Å². The van der Waals surface area contributed by atoms with Crippen LogP contribution in [0.3, 0.4) is 0 Å². The average molecular weight is 271 g/mol. The predicted molar refractivity (Wildman–Crippen MR) is 81.9 cm³/mol. The summed E-state index contributed by atoms with van der Waals surface area (Å²) in [7, 11) is 0. The Morgan fingerprint density at radius 3 is 2.55 bits per heavy atom. The van der Waals surface area contributed by atoms with Crippen molar-refractivity contribution < 1.29 is 9.53 Å². The molecule has 0 bridgehead atoms. The highest BCUT2D eigenvalue weighted by Crippen LogP contribution is 2.21. The molecule has 0 radical (unpaired) electrons. The molecule has 0 saturated carbocycles. The SMILES string of the molecule is CCC(C)NC(=O)C(C)Oc1ccc2ccccc2c1. The molecule has 2 atom stereocenters. The number of ether oxygens (including phenoxy) is 1. The van der Waals surface area contributed by atoms with Gasteiger partial charge in [-0.2, -0.15) is 0 Å². The number of carbonyl (C=O) groups is 1. The van der Waals surface area contributed by atoms with Crippen LogP contribution < -0.4 is 10.1 Å². The van der Waals surface area contributed by atoms with E-state index in [9.17, 15) is 4.79 Å². The molecule has 0 fully saturated rings. The van der Waals surface area contributed by atoms with E-state index in [1.165, 1.54) is 0 Å². The topological polar surface area (TPSA) is 38.3 Å². The Bertz CT molecular complexity index is 594. The zero-order valence-corrected chi connectivity index (χ0v) is 12.2. The van der Waals surface area contributed by atoms with Crippen LogP contribution in [0.15, 0.2) is 42.5 Å². The molecule has 1 N–H and O–H groups in total. The molecule has 106 valence electrons. The van der Waals surface area contributed by atoms with Crippen molar-refractivity contribution in [3.8, 4) is 5.75 Å². The summed E-state index contributed by atoms with van der Waals surface area (Å²) >= 11 is 0. The summed E-state index contributed by atoms with van der Waals surface area (Å²) in [5, 5.41) is 5.20. The molecule has 2 unspecified atom stereocenters. The minimum absolute atomic E-state index is 0.0764. The second kappa shape index (κ2) is 6.42. The number of hydrogen-bond donors (Lipinski definition) is 1. The molecular weight excluding hydrogens is 250 g/mol. The maximum Gasteiger partial charge on any atom is 0.260 e. The van der Waals surface area contributed by atoms with Crippen molar-refractivity contribution in [2.75, 3.05) is 0 Å². The van der Waals surface area contributed by atoms with Crippen molar-refractivity contribution in [3.63, 3.8) is 0 Å². The van der Waals surface area contributed by atoms with Crippen LogP contribution in [0.1, 0.15) is 27.2 Å². The van der Waals surface area contributed by atoms with E-state index in [4.69, 9.17) is 4.74 Å². The van der Waals surface area contributed by atoms with E-state index < -0.39 is 6.10 Å². The molecule has 0 aliphatic carbocycles. The minimum atomic E-state index is -0.495. The van der Waals surface area contributed by atoms with Gasteiger partial charge < -0.3 is 10.1 Å². The number of nitrogens with one attached hydrogen (secondary N) is 1. The van der Waals surface area contributed by atoms with Gasteiger partial charge in [0.15, 0.2) is 6.10 Å². The van der Waals surface area contributed by atoms with Gasteiger partial charge in [-0.05, 0) is 43.2 Å². The van der Waals surface area contributed by atoms with E-state index in [0.717, 1.165) is 22.9 Å². The second-order valence-electron chi connectivity index (χ2n) is 5.09. The van der Waals surface area contributed by atoms with Crippen LogP contribution in [0.5, 0.6) is 5.75 Å². The van der Waals surface area contributed by atoms with Gasteiger partial charge >= 0.3 is 0 Å². The number of rotatable bonds is 5. The van der Waals surface area contributed by atoms with Gasteiger partial charge in [0.2, 0.25) is 0 Å². The summed E-state index contributed by atoms with van der Waals surface area (Å²) in [5.41, 5.74) is 0. The second-order valence-corrected chi connectivity index (χ2v) is 5.09. The first-order valence-electron chi connectivity index (χ1n) is 7.06. The average Bonchev–Trinajstić information content (AvgIpc) is 2.46. The molecule has 2 rings (SSSR count). The smallest absolute Gasteiger partial charge is 0.260 e. The normalized spacial score (nSPS) is 13.8. The summed E-state index contributed by atoms with van der Waals surface area (Å²) in [6, 6.07) is 14.1. The molecule has 0 spiro atoms. The molecule has 0 saturated heterocycles. The van der Waals surface area contributed by atoms with Gasteiger partial charge in [0, 0.05) is 6.04 Å². The lowest BCUT2D eigenvalue weighted by molar-refractivity contribution is -0.127. The molecule has 3 nitrogen and oxygen atoms in total. The van der Waals surface area contributed by atoms with E-state index in [1.54, 1.807) is 6.92 Å². The Balaban J connectivity index is 2.05. The van der Waals surface area contributed by atoms with Crippen LogP contribution >= 0.6 is 0 Å². The Hall–Kier alpha value is -2.03. The molecule has 2 aromatic carbocycles. The van der Waals surface area contributed by atoms with Gasteiger partial charge in [-0.3, -0.25) is 4.79 Å². The first-order chi connectivity index (χ1) is 9.60. The Morgan fingerprint density at radius 2 is 1.85 bits per heavy atom. The van der Waals surface area contributed by atoms with Crippen LogP contribution in [0.2, 0.25) is 0 Å². The van der Waals surface area contributed by atoms with E-state index >= 15 is 0 Å². The van der Waals surface area contributed by atoms with Crippen molar-refractivity contribution in [3.05, 3.63) is 42.5 Å². The Morgan fingerprint density at radius 1 is 1.15 bits per heavy atom. The summed E-state index contributed by atoms with van der Waals surface area (Å²) in [4.78, 5) is 11.9. The molecule has 0 heterocycles. The molecule has 1 amide bonds. The molecule has 0 aliphatic heterocycles. The Kier molecular flexibility index (Phi) is 4.61. The van der Waals surface area contributed by atoms with Crippen LogP contribution in [-0.4, -0.2) is 18.1 Å². The van der Waals surface area contributed by atoms with Crippen molar-refractivity contribution in [1.29, 1.82) is 0 Å². The maximum atomic E-state index is 11.9. The summed E-state index contributed by atoms with van der Waals surface area (Å²) in [6.45, 7) is 5.80. The van der Waals surface area contributed by atoms with Gasteiger partial charge in [0.25, 0.3) is 5.91 Å². The third-order valence-electron chi connectivity index (χ3n) is 3.40. The standard InChI is InChI=1S/C17H21NO2/c1-4-12(2)18-17(19)13(3)20-16-10-9-14-7-5-6-8-15(14)11-16/h5-13H,4H2,1-3H3,(H,18,19). The third kappa shape index (κ3) is 3.50. The van der Waals surface area contributed by atoms with Crippen LogP contribution in [0.4, 0.5) is 0 Å². The minimum Gasteiger partial charge on any atom is -0.481 e. The van der Waals surface area contributed by atoms with Crippen molar-refractivity contribution in [2.45, 2.75) is 39.3 Å². The number of fused-ring (bicyclic) bond motifs is 1. The third-order valence-corrected chi connectivity index (χ3v) is 3.40. The van der Waals surface area contributed by atoms with Gasteiger partial charge in [-0.15, -0.1) is 0 Å². The van der Waals surface area contributed by atoms with E-state index in [-0.39, 0.29) is 11.9 Å². The first-order valence-corrected chi connectivity index (χ1v) is 7.06. The highest BCUT2D eigenvalue weighted by Gasteiger charge is 2.16. The number of carbonyl (C=O) groups excluding carboxylic acids is 1. The highest BCUT2D eigenvalue weighted by molar-refractivity contribution is 5.84. The largest absolute Gasteiger partial charge is 0.481 e. The van der Waals surface area contributed by atoms with Crippen molar-refractivity contribution in [2.24, 2.45) is 0 Å². The first kappa shape index (κ1) is 14.4. The van der Waals surface area contributed by atoms with E-state index in [0.29, 0.717) is 0 Å². The molecule has 3 heteroatoms. The lowest BCUT2D eigenvalue weighted by atomic mass is 10.1. The van der Waals surface area contributed by atoms with Gasteiger partial charge in [-0.1, -0.05) is 37.3 Å². The summed E-state index contributed by atoms with van der Waals surface area (Å²) in [5.74, 6) is 0.642. The molecule has 2 aromatic rings. The Labute approximate surface area is 119 Å². The zero-order chi connectivity index (χ0) is 14.5. The summed E-state index contributed by atoms with van der Waals surface area (Å²) in [6.07, 6.45) is 0.416. The fraction of sp³-hybridized carbons (Fsp3) is 0.353. The molecule has 20 heavy (non-hydrogen) atoms. The number of amides is 1. The van der Waals surface area contributed by atoms with E-state index in [2.05, 4.69) is 11.4 Å². The molecule has 0 aromatic heterocycles. The lowest BCUT2D eigenvalue weighted by Gasteiger charge is -2.18. The van der Waals surface area contributed by atoms with Gasteiger partial charge in [0.1, 0.15) is 5.75 Å². The van der Waals surface area contributed by atoms with Crippen LogP contribution in [0.25, 0.3) is 10.8 Å². The number of hydrogen-bond acceptors (Lipinski definition) is 2. The fourth-order valence-electron chi connectivity index (χ4n) is 1.96. The highest BCUT2D eigenvalue weighted by atomic mass is 16.5. The fourth-order valence-corrected chi connectivity index (χ4v) is 1.96.